The number of likely N-dealkylation sites (N-methyl/N-ethyl adjacent to an activating group) is 1. The Morgan fingerprint density at radius 3 is 2.15 bits per heavy atom. The number of para-hydroxylation sites is 1. The van der Waals surface area contributed by atoms with E-state index in [1.54, 1.807) is 4.68 Å². The van der Waals surface area contributed by atoms with Crippen molar-refractivity contribution in [1.82, 2.24) is 24.6 Å². The van der Waals surface area contributed by atoms with Crippen LogP contribution in [-0.2, 0) is 0 Å². The van der Waals surface area contributed by atoms with E-state index in [2.05, 4.69) is 22.0 Å². The van der Waals surface area contributed by atoms with Crippen molar-refractivity contribution in [3.63, 3.8) is 0 Å². The third kappa shape index (κ3) is 3.23. The van der Waals surface area contributed by atoms with Gasteiger partial charge in [0, 0.05) is 31.7 Å². The summed E-state index contributed by atoms with van der Waals surface area (Å²) in [5.41, 5.74) is 1.82. The summed E-state index contributed by atoms with van der Waals surface area (Å²) in [6.45, 7) is 3.15. The van der Waals surface area contributed by atoms with Gasteiger partial charge in [-0.25, -0.2) is 9.67 Å². The van der Waals surface area contributed by atoms with E-state index in [-0.39, 0.29) is 11.7 Å². The molecule has 0 radical (unpaired) electrons. The van der Waals surface area contributed by atoms with Crippen LogP contribution in [0.2, 0.25) is 0 Å². The monoisotopic (exact) mass is 347 g/mol. The zero-order chi connectivity index (χ0) is 17.9. The number of carbonyl (C=O) groups excluding carboxylic acids is 1. The van der Waals surface area contributed by atoms with E-state index < -0.39 is 0 Å². The molecule has 0 spiro atoms. The molecule has 6 heteroatoms. The Balaban J connectivity index is 1.73. The van der Waals surface area contributed by atoms with Crippen LogP contribution in [0.4, 0.5) is 0 Å². The Kier molecular flexibility index (Phi) is 4.50. The normalized spacial score (nSPS) is 15.2. The smallest absolute Gasteiger partial charge is 0.293 e. The molecule has 3 aromatic rings. The molecule has 0 bridgehead atoms. The van der Waals surface area contributed by atoms with Crippen LogP contribution in [0.3, 0.4) is 0 Å². The number of benzene rings is 2. The van der Waals surface area contributed by atoms with Crippen molar-refractivity contribution < 1.29 is 4.79 Å². The minimum atomic E-state index is -0.107. The van der Waals surface area contributed by atoms with Gasteiger partial charge >= 0.3 is 0 Å². The Hall–Kier alpha value is -2.99. The molecule has 1 fully saturated rings. The molecule has 1 amide bonds. The van der Waals surface area contributed by atoms with Crippen LogP contribution in [0.5, 0.6) is 0 Å². The van der Waals surface area contributed by atoms with Crippen molar-refractivity contribution in [3.8, 4) is 17.1 Å². The lowest BCUT2D eigenvalue weighted by atomic mass is 10.2. The van der Waals surface area contributed by atoms with E-state index >= 15 is 0 Å². The summed E-state index contributed by atoms with van der Waals surface area (Å²) in [5, 5.41) is 4.55. The molecular weight excluding hydrogens is 326 g/mol. The molecule has 0 N–H and O–H groups in total. The van der Waals surface area contributed by atoms with Crippen LogP contribution in [0.15, 0.2) is 60.7 Å². The number of piperazine rings is 1. The second-order valence-corrected chi connectivity index (χ2v) is 6.47. The fraction of sp³-hybridized carbons (Fsp3) is 0.250. The van der Waals surface area contributed by atoms with Gasteiger partial charge in [-0.05, 0) is 19.2 Å². The van der Waals surface area contributed by atoms with Gasteiger partial charge in [-0.1, -0.05) is 48.5 Å². The molecular formula is C20H21N5O. The first kappa shape index (κ1) is 16.5. The zero-order valence-electron chi connectivity index (χ0n) is 14.7. The number of aromatic nitrogens is 3. The Bertz CT molecular complexity index is 826. The molecule has 6 nitrogen and oxygen atoms in total. The fourth-order valence-electron chi connectivity index (χ4n) is 3.08. The average molecular weight is 347 g/mol. The maximum Gasteiger partial charge on any atom is 0.293 e. The van der Waals surface area contributed by atoms with Crippen molar-refractivity contribution >= 4 is 5.91 Å². The molecule has 26 heavy (non-hydrogen) atoms. The van der Waals surface area contributed by atoms with Gasteiger partial charge in [0.2, 0.25) is 5.82 Å². The van der Waals surface area contributed by atoms with Gasteiger partial charge in [0.25, 0.3) is 5.91 Å². The standard InChI is InChI=1S/C20H21N5O/c1-23-12-14-24(15-13-23)20(26)18-21-19(16-8-4-2-5-9-16)25(22-18)17-10-6-3-7-11-17/h2-11H,12-15H2,1H3. The summed E-state index contributed by atoms with van der Waals surface area (Å²) in [5.74, 6) is 0.816. The van der Waals surface area contributed by atoms with Gasteiger partial charge < -0.3 is 9.80 Å². The lowest BCUT2D eigenvalue weighted by Gasteiger charge is -2.31. The summed E-state index contributed by atoms with van der Waals surface area (Å²) >= 11 is 0. The highest BCUT2D eigenvalue weighted by molar-refractivity contribution is 5.91. The summed E-state index contributed by atoms with van der Waals surface area (Å²) in [6, 6.07) is 19.6. The van der Waals surface area contributed by atoms with Crippen molar-refractivity contribution in [3.05, 3.63) is 66.5 Å². The van der Waals surface area contributed by atoms with E-state index in [1.807, 2.05) is 65.6 Å². The third-order valence-electron chi connectivity index (χ3n) is 4.62. The minimum absolute atomic E-state index is 0.107. The quantitative estimate of drug-likeness (QED) is 0.730. The summed E-state index contributed by atoms with van der Waals surface area (Å²) in [4.78, 5) is 21.6. The van der Waals surface area contributed by atoms with E-state index in [1.165, 1.54) is 0 Å². The first-order valence-corrected chi connectivity index (χ1v) is 8.78. The van der Waals surface area contributed by atoms with Crippen molar-refractivity contribution in [2.75, 3.05) is 33.2 Å². The Labute approximate surface area is 152 Å². The van der Waals surface area contributed by atoms with Crippen molar-refractivity contribution in [2.45, 2.75) is 0 Å². The SMILES string of the molecule is CN1CCN(C(=O)c2nc(-c3ccccc3)n(-c3ccccc3)n2)CC1. The van der Waals surface area contributed by atoms with Crippen LogP contribution in [0.25, 0.3) is 17.1 Å². The van der Waals surface area contributed by atoms with E-state index in [0.29, 0.717) is 18.9 Å². The number of carbonyl (C=O) groups is 1. The highest BCUT2D eigenvalue weighted by Gasteiger charge is 2.25. The third-order valence-corrected chi connectivity index (χ3v) is 4.62. The number of rotatable bonds is 3. The minimum Gasteiger partial charge on any atom is -0.333 e. The van der Waals surface area contributed by atoms with Gasteiger partial charge in [-0.3, -0.25) is 4.79 Å². The summed E-state index contributed by atoms with van der Waals surface area (Å²) < 4.78 is 1.75. The van der Waals surface area contributed by atoms with Crippen molar-refractivity contribution in [2.24, 2.45) is 0 Å². The van der Waals surface area contributed by atoms with Crippen LogP contribution in [0, 0.1) is 0 Å². The van der Waals surface area contributed by atoms with Gasteiger partial charge in [0.1, 0.15) is 0 Å². The predicted molar refractivity (Wildman–Crippen MR) is 100 cm³/mol. The average Bonchev–Trinajstić information content (AvgIpc) is 3.15. The second-order valence-electron chi connectivity index (χ2n) is 6.47. The van der Waals surface area contributed by atoms with E-state index in [9.17, 15) is 4.79 Å². The lowest BCUT2D eigenvalue weighted by molar-refractivity contribution is 0.0652. The van der Waals surface area contributed by atoms with E-state index in [4.69, 9.17) is 0 Å². The van der Waals surface area contributed by atoms with Gasteiger partial charge in [-0.2, -0.15) is 0 Å². The molecule has 1 saturated heterocycles. The number of hydrogen-bond acceptors (Lipinski definition) is 4. The van der Waals surface area contributed by atoms with Crippen LogP contribution < -0.4 is 0 Å². The maximum absolute atomic E-state index is 12.9. The molecule has 1 aromatic heterocycles. The number of hydrogen-bond donors (Lipinski definition) is 0. The summed E-state index contributed by atoms with van der Waals surface area (Å²) in [7, 11) is 2.07. The number of amides is 1. The molecule has 132 valence electrons. The molecule has 0 unspecified atom stereocenters. The van der Waals surface area contributed by atoms with E-state index in [0.717, 1.165) is 24.3 Å². The maximum atomic E-state index is 12.9. The Morgan fingerprint density at radius 1 is 0.885 bits per heavy atom. The molecule has 4 rings (SSSR count). The second kappa shape index (κ2) is 7.09. The van der Waals surface area contributed by atoms with Crippen LogP contribution >= 0.6 is 0 Å². The molecule has 0 saturated carbocycles. The predicted octanol–water partition coefficient (Wildman–Crippen LogP) is 2.32. The number of nitrogens with zero attached hydrogens (tertiary/aromatic N) is 5. The molecule has 0 atom stereocenters. The first-order chi connectivity index (χ1) is 12.7. The largest absolute Gasteiger partial charge is 0.333 e. The van der Waals surface area contributed by atoms with Gasteiger partial charge in [0.15, 0.2) is 5.82 Å². The fourth-order valence-corrected chi connectivity index (χ4v) is 3.08. The highest BCUT2D eigenvalue weighted by Crippen LogP contribution is 2.21. The lowest BCUT2D eigenvalue weighted by Crippen LogP contribution is -2.47. The molecule has 1 aliphatic rings. The summed E-state index contributed by atoms with van der Waals surface area (Å²) in [6.07, 6.45) is 0. The Morgan fingerprint density at radius 2 is 1.50 bits per heavy atom. The van der Waals surface area contributed by atoms with Crippen molar-refractivity contribution in [1.29, 1.82) is 0 Å². The van der Waals surface area contributed by atoms with Gasteiger partial charge in [0.05, 0.1) is 5.69 Å². The molecule has 0 aliphatic carbocycles. The first-order valence-electron chi connectivity index (χ1n) is 8.78. The molecule has 1 aliphatic heterocycles. The molecule has 2 heterocycles. The van der Waals surface area contributed by atoms with Gasteiger partial charge in [-0.15, -0.1) is 5.10 Å². The molecule has 2 aromatic carbocycles. The van der Waals surface area contributed by atoms with Crippen LogP contribution in [0.1, 0.15) is 10.6 Å². The topological polar surface area (TPSA) is 54.3 Å². The zero-order valence-corrected chi connectivity index (χ0v) is 14.7. The highest BCUT2D eigenvalue weighted by atomic mass is 16.2. The van der Waals surface area contributed by atoms with Crippen LogP contribution in [-0.4, -0.2) is 63.7 Å².